The van der Waals surface area contributed by atoms with E-state index in [0.29, 0.717) is 10.0 Å². The van der Waals surface area contributed by atoms with Crippen molar-refractivity contribution in [3.8, 4) is 0 Å². The van der Waals surface area contributed by atoms with Gasteiger partial charge in [-0.15, -0.1) is 0 Å². The number of methoxy groups -OCH3 is 1. The summed E-state index contributed by atoms with van der Waals surface area (Å²) < 4.78 is 4.80. The molecule has 3 N–H and O–H groups in total. The maximum absolute atomic E-state index is 11.6. The lowest BCUT2D eigenvalue weighted by atomic mass is 9.94. The molecule has 0 bridgehead atoms. The van der Waals surface area contributed by atoms with Crippen LogP contribution in [0.15, 0.2) is 18.2 Å². The third kappa shape index (κ3) is 5.38. The lowest BCUT2D eigenvalue weighted by Crippen LogP contribution is -2.24. The summed E-state index contributed by atoms with van der Waals surface area (Å²) in [5, 5.41) is 19.2. The topological polar surface area (TPSA) is 113 Å². The van der Waals surface area contributed by atoms with E-state index in [4.69, 9.17) is 47.7 Å². The van der Waals surface area contributed by atoms with Crippen LogP contribution in [0.3, 0.4) is 0 Å². The molecule has 23 heavy (non-hydrogen) atoms. The molecule has 1 aliphatic rings. The molecule has 7 nitrogen and oxygen atoms in total. The van der Waals surface area contributed by atoms with Gasteiger partial charge in [-0.1, -0.05) is 29.3 Å². The fraction of sp³-hybridized carbons (Fsp3) is 0.357. The van der Waals surface area contributed by atoms with Crippen molar-refractivity contribution in [3.63, 3.8) is 0 Å². The minimum atomic E-state index is -1.82. The van der Waals surface area contributed by atoms with Gasteiger partial charge < -0.3 is 20.3 Å². The molecule has 1 fully saturated rings. The third-order valence-corrected chi connectivity index (χ3v) is 3.77. The maximum Gasteiger partial charge on any atom is 0.414 e. The standard InChI is InChI=1S/C12H13Cl2NO2.C2H2O4/c1-17-12(16)9-4-5-15-11(9)8-3-2-7(13)6-10(8)14;3-1(4)2(5)6/h2-3,6,9,11,15H,4-5H2,1H3;(H,3,4)(H,5,6)/t9-,11?;/m0./s1. The maximum atomic E-state index is 11.6. The summed E-state index contributed by atoms with van der Waals surface area (Å²) in [6.07, 6.45) is 0.760. The number of hydrogen-bond acceptors (Lipinski definition) is 5. The molecule has 1 aliphatic heterocycles. The van der Waals surface area contributed by atoms with E-state index in [1.54, 1.807) is 12.1 Å². The van der Waals surface area contributed by atoms with Gasteiger partial charge in [-0.25, -0.2) is 9.59 Å². The Bertz CT molecular complexity index is 595. The Labute approximate surface area is 142 Å². The van der Waals surface area contributed by atoms with Crippen LogP contribution in [0.25, 0.3) is 0 Å². The van der Waals surface area contributed by atoms with Crippen molar-refractivity contribution in [2.24, 2.45) is 5.92 Å². The Morgan fingerprint density at radius 2 is 1.83 bits per heavy atom. The molecule has 0 aliphatic carbocycles. The summed E-state index contributed by atoms with van der Waals surface area (Å²) in [4.78, 5) is 29.8. The Morgan fingerprint density at radius 1 is 1.22 bits per heavy atom. The molecular weight excluding hydrogens is 349 g/mol. The molecule has 2 rings (SSSR count). The van der Waals surface area contributed by atoms with Gasteiger partial charge in [0.15, 0.2) is 0 Å². The fourth-order valence-corrected chi connectivity index (χ4v) is 2.72. The minimum absolute atomic E-state index is 0.0905. The summed E-state index contributed by atoms with van der Waals surface area (Å²) in [5.74, 6) is -4.03. The molecule has 1 heterocycles. The van der Waals surface area contributed by atoms with E-state index >= 15 is 0 Å². The van der Waals surface area contributed by atoms with Crippen LogP contribution in [0, 0.1) is 5.92 Å². The van der Waals surface area contributed by atoms with Crippen molar-refractivity contribution < 1.29 is 29.3 Å². The van der Waals surface area contributed by atoms with Crippen molar-refractivity contribution in [2.75, 3.05) is 13.7 Å². The lowest BCUT2D eigenvalue weighted by Gasteiger charge is -2.19. The van der Waals surface area contributed by atoms with Gasteiger partial charge in [0.2, 0.25) is 0 Å². The number of esters is 1. The summed E-state index contributed by atoms with van der Waals surface area (Å²) in [6.45, 7) is 0.781. The highest BCUT2D eigenvalue weighted by Gasteiger charge is 2.35. The number of nitrogens with one attached hydrogen (secondary N) is 1. The van der Waals surface area contributed by atoms with Crippen LogP contribution in [0.5, 0.6) is 0 Å². The van der Waals surface area contributed by atoms with Crippen LogP contribution >= 0.6 is 23.2 Å². The minimum Gasteiger partial charge on any atom is -0.473 e. The number of hydrogen-bond donors (Lipinski definition) is 3. The summed E-state index contributed by atoms with van der Waals surface area (Å²) in [5.41, 5.74) is 0.893. The Balaban J connectivity index is 0.000000379. The smallest absolute Gasteiger partial charge is 0.414 e. The van der Waals surface area contributed by atoms with Crippen LogP contribution in [-0.2, 0) is 19.1 Å². The highest BCUT2D eigenvalue weighted by atomic mass is 35.5. The quantitative estimate of drug-likeness (QED) is 0.543. The molecule has 0 amide bonds. The number of carbonyl (C=O) groups excluding carboxylic acids is 1. The predicted octanol–water partition coefficient (Wildman–Crippen LogP) is 1.97. The van der Waals surface area contributed by atoms with Crippen LogP contribution in [0.1, 0.15) is 18.0 Å². The monoisotopic (exact) mass is 363 g/mol. The second-order valence-corrected chi connectivity index (χ2v) is 5.47. The van der Waals surface area contributed by atoms with E-state index in [9.17, 15) is 4.79 Å². The first-order chi connectivity index (χ1) is 10.8. The Kier molecular flexibility index (Phi) is 7.28. The van der Waals surface area contributed by atoms with E-state index in [2.05, 4.69) is 5.32 Å². The van der Waals surface area contributed by atoms with Crippen molar-refractivity contribution in [3.05, 3.63) is 33.8 Å². The average Bonchev–Trinajstić information content (AvgIpc) is 2.96. The predicted molar refractivity (Wildman–Crippen MR) is 82.6 cm³/mol. The van der Waals surface area contributed by atoms with Gasteiger partial charge in [-0.2, -0.15) is 0 Å². The van der Waals surface area contributed by atoms with Gasteiger partial charge in [0, 0.05) is 16.1 Å². The molecule has 2 atom stereocenters. The molecule has 9 heteroatoms. The largest absolute Gasteiger partial charge is 0.473 e. The van der Waals surface area contributed by atoms with Crippen LogP contribution < -0.4 is 5.32 Å². The van der Waals surface area contributed by atoms with E-state index in [1.165, 1.54) is 7.11 Å². The first kappa shape index (κ1) is 19.2. The number of carboxylic acids is 2. The van der Waals surface area contributed by atoms with Gasteiger partial charge in [0.05, 0.1) is 13.0 Å². The fourth-order valence-electron chi connectivity index (χ4n) is 2.19. The second kappa shape index (κ2) is 8.71. The van der Waals surface area contributed by atoms with Crippen molar-refractivity contribution in [1.82, 2.24) is 5.32 Å². The highest BCUT2D eigenvalue weighted by molar-refractivity contribution is 6.35. The van der Waals surface area contributed by atoms with E-state index in [0.717, 1.165) is 18.5 Å². The molecule has 0 aromatic heterocycles. The molecule has 0 spiro atoms. The number of halogens is 2. The van der Waals surface area contributed by atoms with Gasteiger partial charge in [-0.3, -0.25) is 4.79 Å². The Hall–Kier alpha value is -1.83. The van der Waals surface area contributed by atoms with Gasteiger partial charge in [0.1, 0.15) is 0 Å². The van der Waals surface area contributed by atoms with Gasteiger partial charge in [0.25, 0.3) is 0 Å². The molecule has 0 radical (unpaired) electrons. The molecule has 1 saturated heterocycles. The van der Waals surface area contributed by atoms with Crippen molar-refractivity contribution in [2.45, 2.75) is 12.5 Å². The van der Waals surface area contributed by atoms with Gasteiger partial charge >= 0.3 is 17.9 Å². The third-order valence-electron chi connectivity index (χ3n) is 3.21. The van der Waals surface area contributed by atoms with E-state index in [1.807, 2.05) is 6.07 Å². The normalized spacial score (nSPS) is 19.4. The SMILES string of the molecule is COC(=O)[C@H]1CCNC1c1ccc(Cl)cc1Cl.O=C(O)C(=O)O. The number of carboxylic acid groups (broad SMARTS) is 2. The Morgan fingerprint density at radius 3 is 2.30 bits per heavy atom. The van der Waals surface area contributed by atoms with E-state index < -0.39 is 11.9 Å². The number of rotatable bonds is 2. The molecule has 0 saturated carbocycles. The zero-order valence-electron chi connectivity index (χ0n) is 12.1. The lowest BCUT2D eigenvalue weighted by molar-refractivity contribution is -0.159. The second-order valence-electron chi connectivity index (χ2n) is 4.63. The summed E-state index contributed by atoms with van der Waals surface area (Å²) in [7, 11) is 1.40. The van der Waals surface area contributed by atoms with Crippen molar-refractivity contribution in [1.29, 1.82) is 0 Å². The zero-order chi connectivity index (χ0) is 17.6. The zero-order valence-corrected chi connectivity index (χ0v) is 13.6. The van der Waals surface area contributed by atoms with Crippen LogP contribution in [0.4, 0.5) is 0 Å². The van der Waals surface area contributed by atoms with E-state index in [-0.39, 0.29) is 17.9 Å². The summed E-state index contributed by atoms with van der Waals surface area (Å²) in [6, 6.07) is 5.22. The summed E-state index contributed by atoms with van der Waals surface area (Å²) >= 11 is 12.0. The number of ether oxygens (including phenoxy) is 1. The molecule has 126 valence electrons. The number of aliphatic carboxylic acids is 2. The number of benzene rings is 1. The van der Waals surface area contributed by atoms with Crippen LogP contribution in [0.2, 0.25) is 10.0 Å². The van der Waals surface area contributed by atoms with Crippen LogP contribution in [-0.4, -0.2) is 41.8 Å². The molecule has 1 aromatic rings. The molecule has 1 unspecified atom stereocenters. The average molecular weight is 364 g/mol. The van der Waals surface area contributed by atoms with Gasteiger partial charge in [-0.05, 0) is 30.7 Å². The molecule has 1 aromatic carbocycles. The molecular formula is C14H15Cl2NO6. The first-order valence-corrected chi connectivity index (χ1v) is 7.26. The van der Waals surface area contributed by atoms with Crippen molar-refractivity contribution >= 4 is 41.1 Å². The highest BCUT2D eigenvalue weighted by Crippen LogP contribution is 2.35. The number of carbonyl (C=O) groups is 3. The first-order valence-electron chi connectivity index (χ1n) is 6.50.